The van der Waals surface area contributed by atoms with E-state index in [4.69, 9.17) is 0 Å². The number of H-pyrrole nitrogens is 2. The largest absolute Gasteiger partial charge is 0.451 e. The van der Waals surface area contributed by atoms with Crippen LogP contribution in [0.15, 0.2) is 121 Å². The van der Waals surface area contributed by atoms with Crippen molar-refractivity contribution < 1.29 is 26.3 Å². The van der Waals surface area contributed by atoms with Crippen LogP contribution in [-0.2, 0) is 38.3 Å². The number of nitrogens with one attached hydrogen (secondary N) is 4. The summed E-state index contributed by atoms with van der Waals surface area (Å²) in [5.74, 6) is 0.340. The Hall–Kier alpha value is -8.42. The van der Waals surface area contributed by atoms with Crippen LogP contribution in [-0.4, -0.2) is 61.2 Å². The maximum atomic E-state index is 14.0. The van der Waals surface area contributed by atoms with Gasteiger partial charge in [0.15, 0.2) is 5.69 Å². The molecular formula is C52H48F6N14. The molecule has 4 aromatic heterocycles. The second-order valence-corrected chi connectivity index (χ2v) is 16.8. The third kappa shape index (κ3) is 12.3. The molecule has 5 aromatic carbocycles. The highest BCUT2D eigenvalue weighted by atomic mass is 19.4. The summed E-state index contributed by atoms with van der Waals surface area (Å²) in [6.45, 7) is 7.63. The van der Waals surface area contributed by atoms with Crippen molar-refractivity contribution in [2.45, 2.75) is 78.8 Å². The molecule has 0 unspecified atom stereocenters. The fourth-order valence-electron chi connectivity index (χ4n) is 8.08. The van der Waals surface area contributed by atoms with E-state index >= 15 is 0 Å². The Morgan fingerprint density at radius 3 is 1.53 bits per heavy atom. The Labute approximate surface area is 410 Å². The van der Waals surface area contributed by atoms with Crippen LogP contribution in [0.25, 0.3) is 45.0 Å². The van der Waals surface area contributed by atoms with Crippen molar-refractivity contribution in [1.82, 2.24) is 61.2 Å². The van der Waals surface area contributed by atoms with Gasteiger partial charge >= 0.3 is 12.4 Å². The molecule has 0 saturated heterocycles. The number of anilines is 2. The third-order valence-electron chi connectivity index (χ3n) is 11.6. The predicted molar refractivity (Wildman–Crippen MR) is 261 cm³/mol. The molecule has 368 valence electrons. The van der Waals surface area contributed by atoms with E-state index in [1.807, 2.05) is 135 Å². The lowest BCUT2D eigenvalue weighted by Gasteiger charge is -2.18. The number of aromatic nitrogens is 12. The van der Waals surface area contributed by atoms with Crippen molar-refractivity contribution in [2.75, 3.05) is 10.6 Å². The molecule has 4 N–H and O–H groups in total. The van der Waals surface area contributed by atoms with Gasteiger partial charge in [-0.2, -0.15) is 36.8 Å². The van der Waals surface area contributed by atoms with Crippen LogP contribution in [0.4, 0.5) is 38.0 Å². The molecule has 0 spiro atoms. The zero-order valence-corrected chi connectivity index (χ0v) is 39.5. The van der Waals surface area contributed by atoms with Crippen molar-refractivity contribution in [2.24, 2.45) is 0 Å². The third-order valence-corrected chi connectivity index (χ3v) is 11.6. The molecule has 0 fully saturated rings. The molecule has 0 bridgehead atoms. The zero-order valence-electron chi connectivity index (χ0n) is 39.5. The lowest BCUT2D eigenvalue weighted by Crippen LogP contribution is -2.18. The Balaban J connectivity index is 0.000000194. The van der Waals surface area contributed by atoms with E-state index in [1.54, 1.807) is 6.92 Å². The topological polar surface area (TPSA) is 185 Å². The summed E-state index contributed by atoms with van der Waals surface area (Å²) < 4.78 is 81.7. The van der Waals surface area contributed by atoms with Gasteiger partial charge < -0.3 is 10.6 Å². The fraction of sp³-hybridized carbons (Fsp3) is 0.231. The predicted octanol–water partition coefficient (Wildman–Crippen LogP) is 11.8. The van der Waals surface area contributed by atoms with E-state index in [-0.39, 0.29) is 29.4 Å². The van der Waals surface area contributed by atoms with Gasteiger partial charge in [-0.1, -0.05) is 140 Å². The maximum absolute atomic E-state index is 14.0. The number of alkyl halides is 6. The molecule has 9 aromatic rings. The number of nitrogens with zero attached hydrogens (tertiary/aromatic N) is 10. The summed E-state index contributed by atoms with van der Waals surface area (Å²) in [6, 6.07) is 38.4. The number of rotatable bonds is 15. The highest BCUT2D eigenvalue weighted by molar-refractivity contribution is 5.81. The second kappa shape index (κ2) is 22.1. The number of aromatic amines is 2. The van der Waals surface area contributed by atoms with Gasteiger partial charge in [-0.25, -0.2) is 19.9 Å². The van der Waals surface area contributed by atoms with Crippen molar-refractivity contribution in [3.05, 3.63) is 178 Å². The number of halogens is 6. The Kier molecular flexibility index (Phi) is 15.4. The van der Waals surface area contributed by atoms with Crippen LogP contribution in [0.1, 0.15) is 76.2 Å². The minimum absolute atomic E-state index is 0.0272. The monoisotopic (exact) mass is 982 g/mol. The van der Waals surface area contributed by atoms with Crippen molar-refractivity contribution in [1.29, 1.82) is 0 Å². The summed E-state index contributed by atoms with van der Waals surface area (Å²) in [7, 11) is 0. The fourth-order valence-corrected chi connectivity index (χ4v) is 8.08. The summed E-state index contributed by atoms with van der Waals surface area (Å²) in [6.07, 6.45) is -6.75. The maximum Gasteiger partial charge on any atom is 0.451 e. The first-order valence-electron chi connectivity index (χ1n) is 22.9. The standard InChI is InChI=1S/C28H24F3N7.C24H24F3N7/c1-17-6-5-7-20(14-17)15-24-25(28(29,30)31)33-18(2)34-26(24)32-16-19-10-12-21(13-11-19)22-8-3-4-9-23(22)27-35-37-38-36-27;1-3-4-7-18-15(2)29-23(24(25,26)27)30-21(18)28-14-16-10-12-17(13-11-16)19-8-5-6-9-20(19)22-31-33-34-32-22/h3-14H,15-16H2,1-2H3,(H,32,33,34)(H,35,36,37,38);5-6,8-13H,3-4,7,14H2,1-2H3,(H,28,29,30)(H,31,32,33,34). The van der Waals surface area contributed by atoms with E-state index < -0.39 is 23.9 Å². The zero-order chi connectivity index (χ0) is 50.8. The minimum Gasteiger partial charge on any atom is -0.366 e. The molecular weight excluding hydrogens is 935 g/mol. The molecule has 9 rings (SSSR count). The normalized spacial score (nSPS) is 11.5. The second-order valence-electron chi connectivity index (χ2n) is 16.8. The molecule has 20 heteroatoms. The van der Waals surface area contributed by atoms with Gasteiger partial charge in [0.25, 0.3) is 0 Å². The van der Waals surface area contributed by atoms with Gasteiger partial charge in [0.05, 0.1) is 0 Å². The first kappa shape index (κ1) is 50.0. The summed E-state index contributed by atoms with van der Waals surface area (Å²) in [5, 5.41) is 34.7. The SMILES string of the molecule is CCCCc1c(C)nc(C(F)(F)F)nc1NCc1ccc(-c2ccccc2-c2nn[nH]n2)cc1.Cc1cccc(Cc2c(NCc3ccc(-c4ccccc4-c4nn[nH]n4)cc3)nc(C)nc2C(F)(F)F)c1. The highest BCUT2D eigenvalue weighted by Crippen LogP contribution is 2.36. The van der Waals surface area contributed by atoms with E-state index in [0.717, 1.165) is 74.0 Å². The molecule has 0 aliphatic heterocycles. The van der Waals surface area contributed by atoms with Gasteiger partial charge in [0, 0.05) is 47.5 Å². The van der Waals surface area contributed by atoms with Crippen LogP contribution >= 0.6 is 0 Å². The van der Waals surface area contributed by atoms with Gasteiger partial charge in [0.1, 0.15) is 17.5 Å². The van der Waals surface area contributed by atoms with Crippen LogP contribution < -0.4 is 10.6 Å². The van der Waals surface area contributed by atoms with Gasteiger partial charge in [-0.15, -0.1) is 20.4 Å². The molecule has 0 radical (unpaired) electrons. The molecule has 0 aliphatic rings. The van der Waals surface area contributed by atoms with E-state index in [9.17, 15) is 26.3 Å². The number of benzene rings is 5. The summed E-state index contributed by atoms with van der Waals surface area (Å²) in [4.78, 5) is 15.6. The number of hydrogen-bond donors (Lipinski definition) is 4. The summed E-state index contributed by atoms with van der Waals surface area (Å²) in [5.41, 5.74) is 9.20. The molecule has 4 heterocycles. The lowest BCUT2D eigenvalue weighted by molar-refractivity contribution is -0.145. The number of hydrogen-bond acceptors (Lipinski definition) is 12. The van der Waals surface area contributed by atoms with Gasteiger partial charge in [-0.05, 0) is 83.0 Å². The van der Waals surface area contributed by atoms with Crippen molar-refractivity contribution in [3.8, 4) is 45.0 Å². The Morgan fingerprint density at radius 1 is 0.528 bits per heavy atom. The molecule has 0 amide bonds. The molecule has 0 saturated carbocycles. The average molecular weight is 983 g/mol. The minimum atomic E-state index is -4.60. The van der Waals surface area contributed by atoms with E-state index in [0.29, 0.717) is 36.9 Å². The Bertz CT molecular complexity index is 3210. The molecule has 0 aliphatic carbocycles. The van der Waals surface area contributed by atoms with Crippen LogP contribution in [0, 0.1) is 20.8 Å². The first-order valence-corrected chi connectivity index (χ1v) is 22.9. The summed E-state index contributed by atoms with van der Waals surface area (Å²) >= 11 is 0. The average Bonchev–Trinajstić information content (AvgIpc) is 4.12. The van der Waals surface area contributed by atoms with Crippen LogP contribution in [0.5, 0.6) is 0 Å². The van der Waals surface area contributed by atoms with Crippen molar-refractivity contribution in [3.63, 3.8) is 0 Å². The van der Waals surface area contributed by atoms with Crippen LogP contribution in [0.3, 0.4) is 0 Å². The Morgan fingerprint density at radius 2 is 1.06 bits per heavy atom. The van der Waals surface area contributed by atoms with E-state index in [1.165, 1.54) is 6.92 Å². The smallest absolute Gasteiger partial charge is 0.366 e. The number of aryl methyl sites for hydroxylation is 3. The van der Waals surface area contributed by atoms with Crippen molar-refractivity contribution >= 4 is 11.6 Å². The molecule has 0 atom stereocenters. The van der Waals surface area contributed by atoms with E-state index in [2.05, 4.69) is 71.8 Å². The van der Waals surface area contributed by atoms with Gasteiger partial charge in [0.2, 0.25) is 17.5 Å². The highest BCUT2D eigenvalue weighted by Gasteiger charge is 2.38. The quantitative estimate of drug-likeness (QED) is 0.0714. The first-order chi connectivity index (χ1) is 34.6. The number of tetrazole rings is 2. The van der Waals surface area contributed by atoms with Gasteiger partial charge in [-0.3, -0.25) is 0 Å². The molecule has 14 nitrogen and oxygen atoms in total. The lowest BCUT2D eigenvalue weighted by atomic mass is 9.98. The van der Waals surface area contributed by atoms with Crippen LogP contribution in [0.2, 0.25) is 0 Å². The molecule has 72 heavy (non-hydrogen) atoms. The number of unbranched alkanes of at least 4 members (excludes halogenated alkanes) is 1.